The van der Waals surface area contributed by atoms with Gasteiger partial charge in [-0.05, 0) is 43.2 Å². The zero-order valence-corrected chi connectivity index (χ0v) is 10.8. The van der Waals surface area contributed by atoms with Crippen LogP contribution in [0.15, 0.2) is 17.0 Å². The van der Waals surface area contributed by atoms with Crippen LogP contribution in [-0.4, -0.2) is 19.5 Å². The van der Waals surface area contributed by atoms with Crippen LogP contribution in [0.1, 0.15) is 24.8 Å². The van der Waals surface area contributed by atoms with E-state index in [9.17, 15) is 0 Å². The molecule has 1 aromatic carbocycles. The number of ether oxygens (including phenoxy) is 2. The van der Waals surface area contributed by atoms with E-state index in [1.54, 1.807) is 11.8 Å². The number of hydrogen-bond donors (Lipinski definition) is 1. The van der Waals surface area contributed by atoms with Crippen molar-refractivity contribution >= 4 is 11.8 Å². The number of fused-ring (bicyclic) bond motifs is 1. The van der Waals surface area contributed by atoms with Gasteiger partial charge in [-0.1, -0.05) is 0 Å². The lowest BCUT2D eigenvalue weighted by molar-refractivity contribution is 0.169. The van der Waals surface area contributed by atoms with Gasteiger partial charge in [0.2, 0.25) is 0 Å². The molecule has 2 aliphatic rings. The second-order valence-electron chi connectivity index (χ2n) is 4.71. The highest BCUT2D eigenvalue weighted by Gasteiger charge is 2.37. The predicted molar refractivity (Wildman–Crippen MR) is 68.9 cm³/mol. The van der Waals surface area contributed by atoms with Crippen molar-refractivity contribution in [2.24, 2.45) is 5.73 Å². The Bertz CT molecular complexity index is 443. The Morgan fingerprint density at radius 3 is 2.35 bits per heavy atom. The van der Waals surface area contributed by atoms with Crippen molar-refractivity contribution in [1.82, 2.24) is 0 Å². The monoisotopic (exact) mass is 251 g/mol. The molecule has 1 saturated carbocycles. The Hall–Kier alpha value is -0.870. The predicted octanol–water partition coefficient (Wildman–Crippen LogP) is 2.52. The number of benzene rings is 1. The summed E-state index contributed by atoms with van der Waals surface area (Å²) in [5.41, 5.74) is 7.50. The molecule has 0 atom stereocenters. The van der Waals surface area contributed by atoms with E-state index in [2.05, 4.69) is 18.4 Å². The molecule has 0 amide bonds. The molecular weight excluding hydrogens is 234 g/mol. The van der Waals surface area contributed by atoms with Crippen LogP contribution in [-0.2, 0) is 5.54 Å². The van der Waals surface area contributed by atoms with Crippen LogP contribution >= 0.6 is 11.8 Å². The van der Waals surface area contributed by atoms with Gasteiger partial charge in [0.05, 0.1) is 0 Å². The molecule has 2 N–H and O–H groups in total. The minimum Gasteiger partial charge on any atom is -0.486 e. The van der Waals surface area contributed by atoms with Gasteiger partial charge in [0, 0.05) is 10.4 Å². The first-order chi connectivity index (χ1) is 8.23. The fourth-order valence-electron chi connectivity index (χ4n) is 2.46. The van der Waals surface area contributed by atoms with Crippen molar-refractivity contribution in [2.45, 2.75) is 29.7 Å². The summed E-state index contributed by atoms with van der Waals surface area (Å²) in [5, 5.41) is 0. The van der Waals surface area contributed by atoms with Gasteiger partial charge in [0.25, 0.3) is 0 Å². The van der Waals surface area contributed by atoms with Crippen molar-refractivity contribution in [3.63, 3.8) is 0 Å². The van der Waals surface area contributed by atoms with Crippen molar-refractivity contribution < 1.29 is 9.47 Å². The molecule has 3 rings (SSSR count). The van der Waals surface area contributed by atoms with Gasteiger partial charge < -0.3 is 15.2 Å². The second kappa shape index (κ2) is 4.10. The third-order valence-electron chi connectivity index (χ3n) is 3.65. The minimum absolute atomic E-state index is 0.145. The van der Waals surface area contributed by atoms with Crippen molar-refractivity contribution in [3.8, 4) is 11.5 Å². The lowest BCUT2D eigenvalue weighted by Gasteiger charge is -2.40. The molecule has 0 bridgehead atoms. The van der Waals surface area contributed by atoms with Gasteiger partial charge in [-0.2, -0.15) is 0 Å². The number of thioether (sulfide) groups is 1. The fourth-order valence-corrected chi connectivity index (χ4v) is 3.16. The fraction of sp³-hybridized carbons (Fsp3) is 0.538. The van der Waals surface area contributed by atoms with Gasteiger partial charge in [0.1, 0.15) is 13.2 Å². The molecule has 92 valence electrons. The molecule has 1 aliphatic carbocycles. The third-order valence-corrected chi connectivity index (χ3v) is 4.42. The third kappa shape index (κ3) is 1.79. The Labute approximate surface area is 106 Å². The van der Waals surface area contributed by atoms with Crippen LogP contribution in [0.4, 0.5) is 0 Å². The lowest BCUT2D eigenvalue weighted by atomic mass is 9.72. The SMILES string of the molecule is CSc1cc2c(cc1C1(N)CCC1)OCCO2. The van der Waals surface area contributed by atoms with E-state index >= 15 is 0 Å². The summed E-state index contributed by atoms with van der Waals surface area (Å²) in [4.78, 5) is 1.22. The lowest BCUT2D eigenvalue weighted by Crippen LogP contribution is -2.43. The van der Waals surface area contributed by atoms with E-state index in [0.29, 0.717) is 13.2 Å². The van der Waals surface area contributed by atoms with Gasteiger partial charge in [0.15, 0.2) is 11.5 Å². The molecule has 1 aromatic rings. The van der Waals surface area contributed by atoms with E-state index in [4.69, 9.17) is 15.2 Å². The summed E-state index contributed by atoms with van der Waals surface area (Å²) in [7, 11) is 0. The standard InChI is InChI=1S/C13H17NO2S/c1-17-12-8-11-10(15-5-6-16-11)7-9(12)13(14)3-2-4-13/h7-8H,2-6,14H2,1H3. The molecule has 4 heteroatoms. The smallest absolute Gasteiger partial charge is 0.162 e. The average Bonchev–Trinajstić information content (AvgIpc) is 2.34. The summed E-state index contributed by atoms with van der Waals surface area (Å²) in [5.74, 6) is 1.70. The van der Waals surface area contributed by atoms with Crippen LogP contribution in [0, 0.1) is 0 Å². The zero-order valence-electron chi connectivity index (χ0n) is 9.99. The Balaban J connectivity index is 2.07. The molecule has 17 heavy (non-hydrogen) atoms. The topological polar surface area (TPSA) is 44.5 Å². The van der Waals surface area contributed by atoms with Crippen LogP contribution in [0.25, 0.3) is 0 Å². The summed E-state index contributed by atoms with van der Waals surface area (Å²) in [6.45, 7) is 1.26. The van der Waals surface area contributed by atoms with Crippen LogP contribution in [0.3, 0.4) is 0 Å². The Morgan fingerprint density at radius 1 is 1.18 bits per heavy atom. The van der Waals surface area contributed by atoms with E-state index in [-0.39, 0.29) is 5.54 Å². The number of nitrogens with two attached hydrogens (primary N) is 1. The van der Waals surface area contributed by atoms with Crippen LogP contribution < -0.4 is 15.2 Å². The van der Waals surface area contributed by atoms with Crippen LogP contribution in [0.5, 0.6) is 11.5 Å². The highest BCUT2D eigenvalue weighted by atomic mass is 32.2. The van der Waals surface area contributed by atoms with E-state index in [1.165, 1.54) is 16.9 Å². The van der Waals surface area contributed by atoms with Gasteiger partial charge >= 0.3 is 0 Å². The maximum absolute atomic E-state index is 6.42. The van der Waals surface area contributed by atoms with Crippen LogP contribution in [0.2, 0.25) is 0 Å². The molecular formula is C13H17NO2S. The molecule has 1 fully saturated rings. The summed E-state index contributed by atoms with van der Waals surface area (Å²) in [6, 6.07) is 4.15. The average molecular weight is 251 g/mol. The molecule has 0 unspecified atom stereocenters. The van der Waals surface area contributed by atoms with Crippen molar-refractivity contribution in [2.75, 3.05) is 19.5 Å². The normalized spacial score (nSPS) is 20.8. The first kappa shape index (κ1) is 11.2. The summed E-state index contributed by atoms with van der Waals surface area (Å²) >= 11 is 1.73. The minimum atomic E-state index is -0.145. The molecule has 0 spiro atoms. The molecule has 0 radical (unpaired) electrons. The molecule has 0 saturated heterocycles. The number of rotatable bonds is 2. The largest absolute Gasteiger partial charge is 0.486 e. The zero-order chi connectivity index (χ0) is 11.9. The Kier molecular flexibility index (Phi) is 2.71. The van der Waals surface area contributed by atoms with E-state index in [1.807, 2.05) is 0 Å². The molecule has 3 nitrogen and oxygen atoms in total. The first-order valence-corrected chi connectivity index (χ1v) is 7.22. The highest BCUT2D eigenvalue weighted by Crippen LogP contribution is 2.46. The molecule has 0 aromatic heterocycles. The quantitative estimate of drug-likeness (QED) is 0.820. The van der Waals surface area contributed by atoms with Gasteiger partial charge in [-0.3, -0.25) is 0 Å². The Morgan fingerprint density at radius 2 is 1.82 bits per heavy atom. The maximum Gasteiger partial charge on any atom is 0.162 e. The van der Waals surface area contributed by atoms with E-state index in [0.717, 1.165) is 24.3 Å². The summed E-state index contributed by atoms with van der Waals surface area (Å²) < 4.78 is 11.2. The maximum atomic E-state index is 6.42. The van der Waals surface area contributed by atoms with Gasteiger partial charge in [-0.25, -0.2) is 0 Å². The van der Waals surface area contributed by atoms with Crippen molar-refractivity contribution in [3.05, 3.63) is 17.7 Å². The molecule has 1 heterocycles. The van der Waals surface area contributed by atoms with Gasteiger partial charge in [-0.15, -0.1) is 11.8 Å². The molecule has 1 aliphatic heterocycles. The first-order valence-electron chi connectivity index (χ1n) is 6.00. The number of hydrogen-bond acceptors (Lipinski definition) is 4. The van der Waals surface area contributed by atoms with Crippen molar-refractivity contribution in [1.29, 1.82) is 0 Å². The summed E-state index contributed by atoms with van der Waals surface area (Å²) in [6.07, 6.45) is 5.44. The second-order valence-corrected chi connectivity index (χ2v) is 5.55. The highest BCUT2D eigenvalue weighted by molar-refractivity contribution is 7.98. The van der Waals surface area contributed by atoms with E-state index < -0.39 is 0 Å².